The van der Waals surface area contributed by atoms with Gasteiger partial charge in [0.15, 0.2) is 8.07 Å². The summed E-state index contributed by atoms with van der Waals surface area (Å²) in [6, 6.07) is 101. The van der Waals surface area contributed by atoms with E-state index < -0.39 is 8.07 Å². The highest BCUT2D eigenvalue weighted by Crippen LogP contribution is 2.43. The van der Waals surface area contributed by atoms with E-state index in [2.05, 4.69) is 287 Å². The number of hydrogen-bond donors (Lipinski definition) is 0. The molecule has 3 heterocycles. The fourth-order valence-electron chi connectivity index (χ4n) is 11.8. The lowest BCUT2D eigenvalue weighted by Gasteiger charge is -2.34. The highest BCUT2D eigenvalue weighted by atomic mass is 28.3. The normalized spacial score (nSPS) is 12.0. The molecule has 0 N–H and O–H groups in total. The minimum Gasteiger partial charge on any atom is -0.307 e. The molecule has 0 saturated carbocycles. The molecule has 0 atom stereocenters. The Hall–Kier alpha value is -8.96. The molecular formula is C66H45N3Si. The van der Waals surface area contributed by atoms with Crippen LogP contribution < -0.4 is 20.7 Å². The van der Waals surface area contributed by atoms with Crippen molar-refractivity contribution in [3.63, 3.8) is 0 Å². The van der Waals surface area contributed by atoms with Gasteiger partial charge in [-0.3, -0.25) is 0 Å². The van der Waals surface area contributed by atoms with Gasteiger partial charge in [0.05, 0.1) is 44.5 Å². The van der Waals surface area contributed by atoms with Gasteiger partial charge in [-0.1, -0.05) is 224 Å². The van der Waals surface area contributed by atoms with Gasteiger partial charge in [0.2, 0.25) is 0 Å². The van der Waals surface area contributed by atoms with Crippen molar-refractivity contribution in [2.75, 3.05) is 0 Å². The van der Waals surface area contributed by atoms with E-state index in [1.165, 1.54) is 97.3 Å². The summed E-state index contributed by atoms with van der Waals surface area (Å²) in [6.45, 7) is 0. The summed E-state index contributed by atoms with van der Waals surface area (Å²) in [6.07, 6.45) is 0. The monoisotopic (exact) mass is 907 g/mol. The van der Waals surface area contributed by atoms with Crippen LogP contribution in [-0.2, 0) is 0 Å². The van der Waals surface area contributed by atoms with Crippen LogP contribution in [0.3, 0.4) is 0 Å². The van der Waals surface area contributed by atoms with E-state index in [0.29, 0.717) is 0 Å². The Labute approximate surface area is 407 Å². The molecule has 0 spiro atoms. The lowest BCUT2D eigenvalue weighted by atomic mass is 10.0. The summed E-state index contributed by atoms with van der Waals surface area (Å²) in [7, 11) is -2.74. The zero-order valence-electron chi connectivity index (χ0n) is 38.3. The van der Waals surface area contributed by atoms with E-state index in [1.807, 2.05) is 0 Å². The molecule has 0 unspecified atom stereocenters. The molecule has 0 amide bonds. The molecule has 11 aromatic carbocycles. The summed E-state index contributed by atoms with van der Waals surface area (Å²) in [5, 5.41) is 12.8. The number of para-hydroxylation sites is 5. The van der Waals surface area contributed by atoms with E-state index in [-0.39, 0.29) is 0 Å². The standard InChI is InChI=1S/C66H45N3Si/c1-5-21-46(22-6-1)47-39-44-56-53-29-13-17-35-60(53)68(64(56)45-47)62-37-19-33-58-55-31-15-18-36-61(55)69(66(58)62)63-38-20-32-57-54-30-14-16-34-59(54)67(65(57)63)48-40-42-52(43-41-48)70(49-23-7-2-8-24-49,50-25-9-3-10-26-50)51-27-11-4-12-28-51/h1-45H. The van der Waals surface area contributed by atoms with Crippen molar-refractivity contribution < 1.29 is 0 Å². The Bertz CT molecular complexity index is 4170. The van der Waals surface area contributed by atoms with E-state index in [9.17, 15) is 0 Å². The molecule has 0 aliphatic rings. The minimum atomic E-state index is -2.74. The van der Waals surface area contributed by atoms with Crippen molar-refractivity contribution in [1.29, 1.82) is 0 Å². The molecule has 328 valence electrons. The second-order valence-corrected chi connectivity index (χ2v) is 22.2. The Morgan fingerprint density at radius 3 is 1.16 bits per heavy atom. The molecule has 14 rings (SSSR count). The number of benzene rings is 11. The fraction of sp³-hybridized carbons (Fsp3) is 0. The van der Waals surface area contributed by atoms with Crippen LogP contribution in [0, 0.1) is 0 Å². The number of aromatic nitrogens is 3. The summed E-state index contributed by atoms with van der Waals surface area (Å²) in [4.78, 5) is 0. The van der Waals surface area contributed by atoms with Gasteiger partial charge < -0.3 is 13.7 Å². The minimum absolute atomic E-state index is 1.12. The van der Waals surface area contributed by atoms with Crippen LogP contribution in [0.1, 0.15) is 0 Å². The molecule has 70 heavy (non-hydrogen) atoms. The maximum atomic E-state index is 2.55. The fourth-order valence-corrected chi connectivity index (χ4v) is 16.6. The van der Waals surface area contributed by atoms with Crippen LogP contribution >= 0.6 is 0 Å². The quantitative estimate of drug-likeness (QED) is 0.107. The molecule has 3 aromatic heterocycles. The summed E-state index contributed by atoms with van der Waals surface area (Å²) < 4.78 is 7.56. The first-order valence-electron chi connectivity index (χ1n) is 24.2. The number of fused-ring (bicyclic) bond motifs is 9. The van der Waals surface area contributed by atoms with Gasteiger partial charge in [0.25, 0.3) is 0 Å². The topological polar surface area (TPSA) is 14.8 Å². The molecule has 0 aliphatic heterocycles. The first-order valence-corrected chi connectivity index (χ1v) is 26.2. The van der Waals surface area contributed by atoms with Gasteiger partial charge in [-0.05, 0) is 80.4 Å². The molecule has 0 saturated heterocycles. The average molecular weight is 908 g/mol. The van der Waals surface area contributed by atoms with Crippen molar-refractivity contribution in [1.82, 2.24) is 13.7 Å². The SMILES string of the molecule is c1ccc(-c2ccc3c4ccccc4n(-c4cccc5c6ccccc6n(-c6cccc7c8ccccc8n(-c8ccc([Si](c9ccccc9)(c9ccccc9)c9ccccc9)cc8)c67)c45)c3c2)cc1. The smallest absolute Gasteiger partial charge is 0.179 e. The number of hydrogen-bond acceptors (Lipinski definition) is 0. The van der Waals surface area contributed by atoms with E-state index in [0.717, 1.165) is 17.1 Å². The van der Waals surface area contributed by atoms with Gasteiger partial charge in [-0.25, -0.2) is 0 Å². The van der Waals surface area contributed by atoms with Crippen LogP contribution in [-0.4, -0.2) is 21.8 Å². The zero-order chi connectivity index (χ0) is 46.2. The van der Waals surface area contributed by atoms with Crippen LogP contribution in [0.2, 0.25) is 0 Å². The van der Waals surface area contributed by atoms with Crippen LogP contribution in [0.4, 0.5) is 0 Å². The molecular weight excluding hydrogens is 863 g/mol. The largest absolute Gasteiger partial charge is 0.307 e. The first kappa shape index (κ1) is 40.1. The third kappa shape index (κ3) is 5.94. The van der Waals surface area contributed by atoms with Crippen molar-refractivity contribution in [3.05, 3.63) is 273 Å². The summed E-state index contributed by atoms with van der Waals surface area (Å²) >= 11 is 0. The molecule has 0 bridgehead atoms. The van der Waals surface area contributed by atoms with Gasteiger partial charge in [-0.15, -0.1) is 0 Å². The van der Waals surface area contributed by atoms with Gasteiger partial charge in [0, 0.05) is 38.0 Å². The molecule has 0 radical (unpaired) electrons. The van der Waals surface area contributed by atoms with Gasteiger partial charge >= 0.3 is 0 Å². The number of nitrogens with zero attached hydrogens (tertiary/aromatic N) is 3. The Kier molecular flexibility index (Phi) is 9.23. The maximum Gasteiger partial charge on any atom is 0.179 e. The first-order chi connectivity index (χ1) is 34.8. The molecule has 3 nitrogen and oxygen atoms in total. The Morgan fingerprint density at radius 2 is 0.614 bits per heavy atom. The lowest BCUT2D eigenvalue weighted by Crippen LogP contribution is -2.74. The molecule has 4 heteroatoms. The maximum absolute atomic E-state index is 2.74. The van der Waals surface area contributed by atoms with E-state index in [4.69, 9.17) is 0 Å². The Morgan fingerprint density at radius 1 is 0.229 bits per heavy atom. The third-order valence-electron chi connectivity index (χ3n) is 14.8. The molecule has 0 fully saturated rings. The molecule has 14 aromatic rings. The predicted octanol–water partition coefficient (Wildman–Crippen LogP) is 14.0. The highest BCUT2D eigenvalue weighted by Gasteiger charge is 2.41. The second kappa shape index (κ2) is 16.1. The van der Waals surface area contributed by atoms with E-state index in [1.54, 1.807) is 0 Å². The van der Waals surface area contributed by atoms with Gasteiger partial charge in [-0.2, -0.15) is 0 Å². The van der Waals surface area contributed by atoms with Crippen LogP contribution in [0.25, 0.3) is 93.6 Å². The van der Waals surface area contributed by atoms with Crippen molar-refractivity contribution in [3.8, 4) is 28.2 Å². The average Bonchev–Trinajstić information content (AvgIpc) is 4.08. The predicted molar refractivity (Wildman–Crippen MR) is 299 cm³/mol. The Balaban J connectivity index is 1.05. The van der Waals surface area contributed by atoms with Crippen molar-refractivity contribution in [2.24, 2.45) is 0 Å². The van der Waals surface area contributed by atoms with Crippen molar-refractivity contribution in [2.45, 2.75) is 0 Å². The third-order valence-corrected chi connectivity index (χ3v) is 19.6. The zero-order valence-corrected chi connectivity index (χ0v) is 39.3. The highest BCUT2D eigenvalue weighted by molar-refractivity contribution is 7.19. The summed E-state index contributed by atoms with van der Waals surface area (Å²) in [5.74, 6) is 0. The number of rotatable bonds is 8. The van der Waals surface area contributed by atoms with E-state index >= 15 is 0 Å². The van der Waals surface area contributed by atoms with Crippen LogP contribution in [0.5, 0.6) is 0 Å². The van der Waals surface area contributed by atoms with Crippen LogP contribution in [0.15, 0.2) is 273 Å². The lowest BCUT2D eigenvalue weighted by molar-refractivity contribution is 1.11. The molecule has 0 aliphatic carbocycles. The van der Waals surface area contributed by atoms with Gasteiger partial charge in [0.1, 0.15) is 0 Å². The summed E-state index contributed by atoms with van der Waals surface area (Å²) in [5.41, 5.74) is 12.8. The van der Waals surface area contributed by atoms with Crippen molar-refractivity contribution >= 4 is 94.2 Å². The second-order valence-electron chi connectivity index (χ2n) is 18.4.